The minimum Gasteiger partial charge on any atom is -0.310 e. The van der Waals surface area contributed by atoms with Gasteiger partial charge in [0.05, 0.1) is 12.3 Å². The average molecular weight is 246 g/mol. The first-order chi connectivity index (χ1) is 8.59. The number of nitrogens with one attached hydrogen (secondary N) is 1. The van der Waals surface area contributed by atoms with Gasteiger partial charge in [-0.15, -0.1) is 0 Å². The second-order valence-corrected chi connectivity index (χ2v) is 5.11. The molecule has 1 amide bonds. The molecule has 1 aliphatic rings. The fourth-order valence-corrected chi connectivity index (χ4v) is 2.43. The highest BCUT2D eigenvalue weighted by Crippen LogP contribution is 2.38. The number of hydrogen-bond donors (Lipinski definition) is 1. The maximum Gasteiger partial charge on any atom is 0.245 e. The van der Waals surface area contributed by atoms with Crippen LogP contribution in [0, 0.1) is 16.7 Å². The third-order valence-corrected chi connectivity index (χ3v) is 3.51. The van der Waals surface area contributed by atoms with Gasteiger partial charge in [-0.25, -0.2) is 4.68 Å². The van der Waals surface area contributed by atoms with Crippen LogP contribution in [-0.4, -0.2) is 15.7 Å². The van der Waals surface area contributed by atoms with Crippen LogP contribution in [0.3, 0.4) is 0 Å². The number of rotatable bonds is 3. The summed E-state index contributed by atoms with van der Waals surface area (Å²) >= 11 is 0. The molecule has 5 nitrogen and oxygen atoms in total. The predicted octanol–water partition coefficient (Wildman–Crippen LogP) is 2.49. The second-order valence-electron chi connectivity index (χ2n) is 5.11. The van der Waals surface area contributed by atoms with E-state index in [2.05, 4.69) is 16.5 Å². The Morgan fingerprint density at radius 2 is 2.22 bits per heavy atom. The van der Waals surface area contributed by atoms with Crippen molar-refractivity contribution < 1.29 is 4.79 Å². The molecule has 1 saturated carbocycles. The van der Waals surface area contributed by atoms with E-state index in [1.807, 2.05) is 13.8 Å². The van der Waals surface area contributed by atoms with Crippen LogP contribution in [0.2, 0.25) is 0 Å². The Balaban J connectivity index is 2.16. The van der Waals surface area contributed by atoms with Crippen molar-refractivity contribution in [3.8, 4) is 6.07 Å². The van der Waals surface area contributed by atoms with Crippen molar-refractivity contribution in [2.45, 2.75) is 45.6 Å². The molecule has 2 rings (SSSR count). The molecular weight excluding hydrogens is 228 g/mol. The van der Waals surface area contributed by atoms with Crippen LogP contribution in [0.1, 0.15) is 45.6 Å². The smallest absolute Gasteiger partial charge is 0.245 e. The standard InChI is InChI=1S/C13H18N4O/c1-10(2)17-11(5-8-15-17)16-12(18)13(9-14)6-3-4-7-13/h5,8,10H,3-4,6-7H2,1-2H3,(H,16,18). The normalized spacial score (nSPS) is 17.7. The van der Waals surface area contributed by atoms with Crippen molar-refractivity contribution >= 4 is 11.7 Å². The molecule has 1 aliphatic carbocycles. The largest absolute Gasteiger partial charge is 0.310 e. The van der Waals surface area contributed by atoms with Gasteiger partial charge < -0.3 is 5.32 Å². The highest BCUT2D eigenvalue weighted by atomic mass is 16.2. The molecule has 5 heteroatoms. The van der Waals surface area contributed by atoms with E-state index in [4.69, 9.17) is 0 Å². The SMILES string of the molecule is CC(C)n1nccc1NC(=O)C1(C#N)CCCC1. The van der Waals surface area contributed by atoms with Crippen LogP contribution >= 0.6 is 0 Å². The summed E-state index contributed by atoms with van der Waals surface area (Å²) in [4.78, 5) is 12.3. The van der Waals surface area contributed by atoms with E-state index < -0.39 is 5.41 Å². The average Bonchev–Trinajstić information content (AvgIpc) is 2.97. The predicted molar refractivity (Wildman–Crippen MR) is 67.8 cm³/mol. The van der Waals surface area contributed by atoms with Crippen LogP contribution in [0.25, 0.3) is 0 Å². The molecule has 0 aromatic carbocycles. The molecule has 1 N–H and O–H groups in total. The van der Waals surface area contributed by atoms with Gasteiger partial charge >= 0.3 is 0 Å². The Labute approximate surface area is 107 Å². The maximum absolute atomic E-state index is 12.3. The molecule has 1 aromatic heterocycles. The molecule has 0 radical (unpaired) electrons. The number of aromatic nitrogens is 2. The summed E-state index contributed by atoms with van der Waals surface area (Å²) in [5.74, 6) is 0.474. The topological polar surface area (TPSA) is 70.7 Å². The lowest BCUT2D eigenvalue weighted by molar-refractivity contribution is -0.122. The fraction of sp³-hybridized carbons (Fsp3) is 0.615. The maximum atomic E-state index is 12.3. The van der Waals surface area contributed by atoms with Gasteiger partial charge in [-0.2, -0.15) is 10.4 Å². The molecule has 0 atom stereocenters. The number of nitrogens with zero attached hydrogens (tertiary/aromatic N) is 3. The molecule has 0 aliphatic heterocycles. The Kier molecular flexibility index (Phi) is 3.37. The van der Waals surface area contributed by atoms with E-state index in [1.165, 1.54) is 0 Å². The minimum absolute atomic E-state index is 0.178. The van der Waals surface area contributed by atoms with Crippen LogP contribution in [-0.2, 0) is 4.79 Å². The molecule has 0 bridgehead atoms. The molecule has 1 heterocycles. The van der Waals surface area contributed by atoms with E-state index in [1.54, 1.807) is 16.9 Å². The van der Waals surface area contributed by atoms with Crippen molar-refractivity contribution in [2.75, 3.05) is 5.32 Å². The van der Waals surface area contributed by atoms with Gasteiger partial charge in [0, 0.05) is 12.1 Å². The first kappa shape index (κ1) is 12.6. The number of carbonyl (C=O) groups is 1. The van der Waals surface area contributed by atoms with E-state index in [-0.39, 0.29) is 11.9 Å². The summed E-state index contributed by atoms with van der Waals surface area (Å²) in [5, 5.41) is 16.3. The van der Waals surface area contributed by atoms with E-state index in [0.29, 0.717) is 18.7 Å². The first-order valence-corrected chi connectivity index (χ1v) is 6.35. The third kappa shape index (κ3) is 2.10. The number of hydrogen-bond acceptors (Lipinski definition) is 3. The van der Waals surface area contributed by atoms with Gasteiger partial charge in [0.15, 0.2) is 0 Å². The summed E-state index contributed by atoms with van der Waals surface area (Å²) < 4.78 is 1.75. The van der Waals surface area contributed by atoms with Crippen molar-refractivity contribution in [1.29, 1.82) is 5.26 Å². The Morgan fingerprint density at radius 3 is 2.78 bits per heavy atom. The number of carbonyl (C=O) groups excluding carboxylic acids is 1. The lowest BCUT2D eigenvalue weighted by atomic mass is 9.87. The van der Waals surface area contributed by atoms with Crippen LogP contribution in [0.4, 0.5) is 5.82 Å². The zero-order valence-corrected chi connectivity index (χ0v) is 10.8. The summed E-state index contributed by atoms with van der Waals surface area (Å²) in [7, 11) is 0. The Morgan fingerprint density at radius 1 is 1.56 bits per heavy atom. The van der Waals surface area contributed by atoms with Gasteiger partial charge in [-0.05, 0) is 26.7 Å². The van der Waals surface area contributed by atoms with Gasteiger partial charge in [0.25, 0.3) is 0 Å². The minimum atomic E-state index is -0.841. The van der Waals surface area contributed by atoms with E-state index in [9.17, 15) is 10.1 Å². The highest BCUT2D eigenvalue weighted by Gasteiger charge is 2.41. The van der Waals surface area contributed by atoms with Crippen LogP contribution < -0.4 is 5.32 Å². The monoisotopic (exact) mass is 246 g/mol. The number of anilines is 1. The van der Waals surface area contributed by atoms with Gasteiger partial charge in [0.1, 0.15) is 11.2 Å². The van der Waals surface area contributed by atoms with E-state index in [0.717, 1.165) is 12.8 Å². The molecule has 1 aromatic rings. The molecule has 96 valence electrons. The fourth-order valence-electron chi connectivity index (χ4n) is 2.43. The second kappa shape index (κ2) is 4.81. The zero-order valence-electron chi connectivity index (χ0n) is 10.8. The third-order valence-electron chi connectivity index (χ3n) is 3.51. The summed E-state index contributed by atoms with van der Waals surface area (Å²) in [6, 6.07) is 4.14. The van der Waals surface area contributed by atoms with Crippen molar-refractivity contribution in [2.24, 2.45) is 5.41 Å². The summed E-state index contributed by atoms with van der Waals surface area (Å²) in [5.41, 5.74) is -0.841. The van der Waals surface area contributed by atoms with Crippen molar-refractivity contribution in [1.82, 2.24) is 9.78 Å². The van der Waals surface area contributed by atoms with Gasteiger partial charge in [-0.3, -0.25) is 4.79 Å². The quantitative estimate of drug-likeness (QED) is 0.890. The number of nitriles is 1. The van der Waals surface area contributed by atoms with Gasteiger partial charge in [0.2, 0.25) is 5.91 Å². The molecule has 0 saturated heterocycles. The molecule has 0 spiro atoms. The molecular formula is C13H18N4O. The Hall–Kier alpha value is -1.83. The number of amides is 1. The highest BCUT2D eigenvalue weighted by molar-refractivity contribution is 5.96. The van der Waals surface area contributed by atoms with E-state index >= 15 is 0 Å². The molecule has 1 fully saturated rings. The van der Waals surface area contributed by atoms with Crippen molar-refractivity contribution in [3.63, 3.8) is 0 Å². The zero-order chi connectivity index (χ0) is 13.2. The van der Waals surface area contributed by atoms with Crippen molar-refractivity contribution in [3.05, 3.63) is 12.3 Å². The lowest BCUT2D eigenvalue weighted by Crippen LogP contribution is -2.33. The van der Waals surface area contributed by atoms with Crippen LogP contribution in [0.15, 0.2) is 12.3 Å². The van der Waals surface area contributed by atoms with Crippen LogP contribution in [0.5, 0.6) is 0 Å². The summed E-state index contributed by atoms with van der Waals surface area (Å²) in [6.45, 7) is 4.00. The molecule has 18 heavy (non-hydrogen) atoms. The Bertz CT molecular complexity index is 477. The molecule has 0 unspecified atom stereocenters. The first-order valence-electron chi connectivity index (χ1n) is 6.35. The lowest BCUT2D eigenvalue weighted by Gasteiger charge is -2.20. The van der Waals surface area contributed by atoms with Gasteiger partial charge in [-0.1, -0.05) is 12.8 Å². The summed E-state index contributed by atoms with van der Waals surface area (Å²) in [6.07, 6.45) is 4.87.